The Balaban J connectivity index is 1.44. The van der Waals surface area contributed by atoms with E-state index in [1.165, 1.54) is 25.9 Å². The summed E-state index contributed by atoms with van der Waals surface area (Å²) in [6, 6.07) is 18.2. The van der Waals surface area contributed by atoms with Gasteiger partial charge < -0.3 is 19.1 Å². The van der Waals surface area contributed by atoms with Crippen LogP contribution in [0.4, 0.5) is 0 Å². The van der Waals surface area contributed by atoms with Crippen LogP contribution in [-0.2, 0) is 6.54 Å². The number of benzene rings is 2. The summed E-state index contributed by atoms with van der Waals surface area (Å²) < 4.78 is 11.2. The van der Waals surface area contributed by atoms with Gasteiger partial charge in [-0.2, -0.15) is 0 Å². The summed E-state index contributed by atoms with van der Waals surface area (Å²) in [5.74, 6) is 1.06. The second-order valence-electron chi connectivity index (χ2n) is 7.91. The molecule has 0 saturated carbocycles. The van der Waals surface area contributed by atoms with Crippen LogP contribution in [0.1, 0.15) is 30.2 Å². The molecule has 3 N–H and O–H groups in total. The highest BCUT2D eigenvalue weighted by atomic mass is 16.4. The largest absolute Gasteiger partial charge is 0.463 e. The Morgan fingerprint density at radius 3 is 2.72 bits per heavy atom. The second-order valence-corrected chi connectivity index (χ2v) is 7.91. The lowest BCUT2D eigenvalue weighted by Gasteiger charge is -2.21. The fourth-order valence-electron chi connectivity index (χ4n) is 4.74. The summed E-state index contributed by atoms with van der Waals surface area (Å²) in [7, 11) is 0. The van der Waals surface area contributed by atoms with Crippen LogP contribution in [-0.4, -0.2) is 19.6 Å². The molecule has 1 fully saturated rings. The highest BCUT2D eigenvalue weighted by Gasteiger charge is 2.30. The first-order valence-corrected chi connectivity index (χ1v) is 10.4. The van der Waals surface area contributed by atoms with Crippen LogP contribution in [0.2, 0.25) is 0 Å². The molecule has 1 aliphatic rings. The fraction of sp³-hybridized carbons (Fsp3) is 0.292. The Labute approximate surface area is 168 Å². The van der Waals surface area contributed by atoms with Crippen molar-refractivity contribution in [1.29, 1.82) is 0 Å². The Hall–Kier alpha value is -2.89. The zero-order chi connectivity index (χ0) is 19.6. The van der Waals surface area contributed by atoms with Gasteiger partial charge in [-0.25, -0.2) is 4.79 Å². The van der Waals surface area contributed by atoms with Crippen molar-refractivity contribution in [2.24, 2.45) is 0 Å². The van der Waals surface area contributed by atoms with E-state index in [0.717, 1.165) is 40.6 Å². The molecule has 148 valence electrons. The third-order valence-corrected chi connectivity index (χ3v) is 6.11. The molecule has 0 bridgehead atoms. The lowest BCUT2D eigenvalue weighted by atomic mass is 10.0. The molecule has 0 amide bonds. The van der Waals surface area contributed by atoms with E-state index in [1.54, 1.807) is 17.2 Å². The standard InChI is InChI=1S/C24H24N2O3/c27-23-14-18(24-19-7-2-1-6-17(19)9-10-22(24)29-23)15-25-16-20(21-8-5-13-28-21)26-11-3-4-12-26/h1-2,5-10,13-14,20,25H,3-4,11-12,15-16H2/p+2/t20-/m1/s1. The molecule has 1 saturated heterocycles. The van der Waals surface area contributed by atoms with Gasteiger partial charge in [0.05, 0.1) is 19.4 Å². The molecule has 0 spiro atoms. The topological polar surface area (TPSA) is 64.4 Å². The van der Waals surface area contributed by atoms with Crippen molar-refractivity contribution in [2.75, 3.05) is 19.6 Å². The van der Waals surface area contributed by atoms with Gasteiger partial charge in [0.15, 0.2) is 11.8 Å². The maximum atomic E-state index is 12.1. The van der Waals surface area contributed by atoms with Crippen LogP contribution in [0.25, 0.3) is 21.7 Å². The van der Waals surface area contributed by atoms with Crippen LogP contribution in [0, 0.1) is 0 Å². The minimum absolute atomic E-state index is 0.288. The number of hydrogen-bond acceptors (Lipinski definition) is 3. The molecule has 5 nitrogen and oxygen atoms in total. The second kappa shape index (κ2) is 7.85. The SMILES string of the molecule is O=c1cc(C[NH2+]C[C@H](c2ccco2)[NH+]2CCCC2)c2c(ccc3ccccc32)o1. The third kappa shape index (κ3) is 3.59. The van der Waals surface area contributed by atoms with E-state index in [1.807, 2.05) is 30.3 Å². The van der Waals surface area contributed by atoms with Crippen LogP contribution in [0.3, 0.4) is 0 Å². The highest BCUT2D eigenvalue weighted by Crippen LogP contribution is 2.26. The van der Waals surface area contributed by atoms with Crippen LogP contribution in [0.5, 0.6) is 0 Å². The lowest BCUT2D eigenvalue weighted by molar-refractivity contribution is -0.936. The first kappa shape index (κ1) is 18.2. The summed E-state index contributed by atoms with van der Waals surface area (Å²) in [5, 5.41) is 5.63. The van der Waals surface area contributed by atoms with Gasteiger partial charge >= 0.3 is 5.63 Å². The molecule has 1 atom stereocenters. The van der Waals surface area contributed by atoms with E-state index in [2.05, 4.69) is 23.5 Å². The monoisotopic (exact) mass is 390 g/mol. The summed E-state index contributed by atoms with van der Waals surface area (Å²) in [5.41, 5.74) is 1.40. The van der Waals surface area contributed by atoms with E-state index >= 15 is 0 Å². The zero-order valence-electron chi connectivity index (χ0n) is 16.4. The highest BCUT2D eigenvalue weighted by molar-refractivity contribution is 6.06. The van der Waals surface area contributed by atoms with E-state index in [-0.39, 0.29) is 5.63 Å². The molecule has 5 heteroatoms. The van der Waals surface area contributed by atoms with Crippen molar-refractivity contribution in [1.82, 2.24) is 0 Å². The molecule has 0 unspecified atom stereocenters. The van der Waals surface area contributed by atoms with Crippen molar-refractivity contribution < 1.29 is 19.1 Å². The van der Waals surface area contributed by atoms with Gasteiger partial charge in [-0.15, -0.1) is 0 Å². The summed E-state index contributed by atoms with van der Waals surface area (Å²) >= 11 is 0. The number of hydrogen-bond donors (Lipinski definition) is 2. The molecule has 5 rings (SSSR count). The number of furan rings is 1. The fourth-order valence-corrected chi connectivity index (χ4v) is 4.74. The smallest absolute Gasteiger partial charge is 0.336 e. The van der Waals surface area contributed by atoms with Gasteiger partial charge in [0, 0.05) is 29.9 Å². The quantitative estimate of drug-likeness (QED) is 0.391. The first-order valence-electron chi connectivity index (χ1n) is 10.4. The van der Waals surface area contributed by atoms with Gasteiger partial charge in [0.1, 0.15) is 18.7 Å². The van der Waals surface area contributed by atoms with Crippen molar-refractivity contribution >= 4 is 21.7 Å². The van der Waals surface area contributed by atoms with Crippen molar-refractivity contribution in [3.63, 3.8) is 0 Å². The van der Waals surface area contributed by atoms with Crippen LogP contribution in [0.15, 0.2) is 74.5 Å². The number of nitrogens with two attached hydrogens (primary N) is 1. The van der Waals surface area contributed by atoms with Gasteiger partial charge in [-0.3, -0.25) is 0 Å². The summed E-state index contributed by atoms with van der Waals surface area (Å²) in [6.07, 6.45) is 4.33. The van der Waals surface area contributed by atoms with Gasteiger partial charge in [-0.1, -0.05) is 30.3 Å². The Morgan fingerprint density at radius 1 is 1.03 bits per heavy atom. The first-order chi connectivity index (χ1) is 14.3. The predicted molar refractivity (Wildman–Crippen MR) is 112 cm³/mol. The molecule has 1 aliphatic heterocycles. The van der Waals surface area contributed by atoms with Crippen molar-refractivity contribution in [3.05, 3.63) is 82.6 Å². The van der Waals surface area contributed by atoms with Gasteiger partial charge in [-0.05, 0) is 29.0 Å². The molecule has 2 aromatic carbocycles. The molecule has 29 heavy (non-hydrogen) atoms. The average molecular weight is 390 g/mol. The number of likely N-dealkylation sites (tertiary alicyclic amines) is 1. The van der Waals surface area contributed by atoms with E-state index < -0.39 is 0 Å². The zero-order valence-corrected chi connectivity index (χ0v) is 16.4. The summed E-state index contributed by atoms with van der Waals surface area (Å²) in [4.78, 5) is 13.7. The maximum absolute atomic E-state index is 12.1. The number of nitrogens with one attached hydrogen (secondary N) is 1. The predicted octanol–water partition coefficient (Wildman–Crippen LogP) is 2.02. The van der Waals surface area contributed by atoms with Crippen LogP contribution >= 0.6 is 0 Å². The van der Waals surface area contributed by atoms with Gasteiger partial charge in [0.25, 0.3) is 0 Å². The molecule has 2 aromatic heterocycles. The van der Waals surface area contributed by atoms with Crippen molar-refractivity contribution in [3.8, 4) is 0 Å². The van der Waals surface area contributed by atoms with Crippen LogP contribution < -0.4 is 15.8 Å². The molecule has 4 aromatic rings. The number of quaternary nitrogens is 2. The van der Waals surface area contributed by atoms with E-state index in [0.29, 0.717) is 11.6 Å². The Kier molecular flexibility index (Phi) is 4.92. The van der Waals surface area contributed by atoms with E-state index in [9.17, 15) is 4.79 Å². The summed E-state index contributed by atoms with van der Waals surface area (Å²) in [6.45, 7) is 4.05. The minimum Gasteiger partial charge on any atom is -0.463 e. The van der Waals surface area contributed by atoms with Crippen molar-refractivity contribution in [2.45, 2.75) is 25.4 Å². The average Bonchev–Trinajstić information content (AvgIpc) is 3.45. The molecule has 0 aliphatic carbocycles. The van der Waals surface area contributed by atoms with E-state index in [4.69, 9.17) is 8.83 Å². The molecule has 3 heterocycles. The maximum Gasteiger partial charge on any atom is 0.336 e. The Morgan fingerprint density at radius 2 is 1.90 bits per heavy atom. The number of rotatable bonds is 6. The Bertz CT molecular complexity index is 1170. The molecule has 0 radical (unpaired) electrons. The number of fused-ring (bicyclic) bond motifs is 3. The normalized spacial score (nSPS) is 16.0. The van der Waals surface area contributed by atoms with Gasteiger partial charge in [0.2, 0.25) is 0 Å². The molecular formula is C24H26N2O3+2. The minimum atomic E-state index is -0.288. The lowest BCUT2D eigenvalue weighted by Crippen LogP contribution is -3.13. The third-order valence-electron chi connectivity index (χ3n) is 6.11. The molecular weight excluding hydrogens is 364 g/mol.